The molecule has 2 aliphatic heterocycles. The molecule has 3 fully saturated rings. The second-order valence-corrected chi connectivity index (χ2v) is 6.91. The van der Waals surface area contributed by atoms with Gasteiger partial charge in [-0.05, 0) is 56.5 Å². The van der Waals surface area contributed by atoms with Crippen LogP contribution in [-0.2, 0) is 4.74 Å². The van der Waals surface area contributed by atoms with Gasteiger partial charge in [0.15, 0.2) is 5.96 Å². The monoisotopic (exact) mass is 294 g/mol. The minimum Gasteiger partial charge on any atom is -0.381 e. The van der Waals surface area contributed by atoms with E-state index in [4.69, 9.17) is 10.5 Å². The third kappa shape index (κ3) is 3.51. The molecule has 0 amide bonds. The third-order valence-electron chi connectivity index (χ3n) is 5.75. The van der Waals surface area contributed by atoms with Gasteiger partial charge >= 0.3 is 0 Å². The molecular formula is C16H30N4O. The van der Waals surface area contributed by atoms with Crippen LogP contribution < -0.4 is 11.1 Å². The van der Waals surface area contributed by atoms with Crippen LogP contribution in [0.4, 0.5) is 0 Å². The highest BCUT2D eigenvalue weighted by Gasteiger charge is 2.53. The Kier molecular flexibility index (Phi) is 4.69. The number of guanidine groups is 1. The van der Waals surface area contributed by atoms with Crippen molar-refractivity contribution in [2.75, 3.05) is 39.4 Å². The summed E-state index contributed by atoms with van der Waals surface area (Å²) in [5.41, 5.74) is 6.58. The van der Waals surface area contributed by atoms with Crippen molar-refractivity contribution in [1.82, 2.24) is 10.2 Å². The summed E-state index contributed by atoms with van der Waals surface area (Å²) in [6, 6.07) is 0.631. The van der Waals surface area contributed by atoms with E-state index in [1.54, 1.807) is 0 Å². The van der Waals surface area contributed by atoms with Crippen LogP contribution in [-0.4, -0.2) is 56.3 Å². The molecular weight excluding hydrogens is 264 g/mol. The molecule has 1 aliphatic carbocycles. The average molecular weight is 294 g/mol. The summed E-state index contributed by atoms with van der Waals surface area (Å²) in [6.07, 6.45) is 6.34. The van der Waals surface area contributed by atoms with E-state index in [9.17, 15) is 0 Å². The zero-order chi connectivity index (χ0) is 14.7. The largest absolute Gasteiger partial charge is 0.381 e. The molecule has 0 radical (unpaired) electrons. The lowest BCUT2D eigenvalue weighted by molar-refractivity contribution is 0.0525. The zero-order valence-electron chi connectivity index (χ0n) is 13.3. The number of nitrogens with one attached hydrogen (secondary N) is 1. The fourth-order valence-corrected chi connectivity index (χ4v) is 4.11. The summed E-state index contributed by atoms with van der Waals surface area (Å²) in [7, 11) is 0. The van der Waals surface area contributed by atoms with Crippen molar-refractivity contribution >= 4 is 5.96 Å². The Bertz CT molecular complexity index is 378. The predicted molar refractivity (Wildman–Crippen MR) is 85.4 cm³/mol. The van der Waals surface area contributed by atoms with E-state index in [0.717, 1.165) is 38.8 Å². The number of likely N-dealkylation sites (N-methyl/N-ethyl adjacent to an activating group) is 1. The molecule has 0 bridgehead atoms. The number of hydrogen-bond donors (Lipinski definition) is 2. The smallest absolute Gasteiger partial charge is 0.188 e. The highest BCUT2D eigenvalue weighted by Crippen LogP contribution is 2.59. The van der Waals surface area contributed by atoms with Crippen molar-refractivity contribution in [3.8, 4) is 0 Å². The highest BCUT2D eigenvalue weighted by molar-refractivity contribution is 5.77. The first-order valence-electron chi connectivity index (χ1n) is 8.59. The van der Waals surface area contributed by atoms with E-state index in [2.05, 4.69) is 22.1 Å². The van der Waals surface area contributed by atoms with Gasteiger partial charge in [0.25, 0.3) is 0 Å². The van der Waals surface area contributed by atoms with Crippen molar-refractivity contribution in [2.24, 2.45) is 22.1 Å². The highest BCUT2D eigenvalue weighted by atomic mass is 16.5. The Morgan fingerprint density at radius 2 is 2.24 bits per heavy atom. The first-order chi connectivity index (χ1) is 10.2. The fraction of sp³-hybridized carbons (Fsp3) is 0.938. The average Bonchev–Trinajstić information content (AvgIpc) is 2.97. The number of nitrogens with zero attached hydrogens (tertiary/aromatic N) is 2. The first kappa shape index (κ1) is 15.1. The molecule has 120 valence electrons. The van der Waals surface area contributed by atoms with Crippen molar-refractivity contribution in [2.45, 2.75) is 45.1 Å². The van der Waals surface area contributed by atoms with Gasteiger partial charge in [0, 0.05) is 32.3 Å². The quantitative estimate of drug-likeness (QED) is 0.591. The maximum absolute atomic E-state index is 6.03. The number of likely N-dealkylation sites (tertiary alicyclic amines) is 1. The molecule has 0 aromatic carbocycles. The van der Waals surface area contributed by atoms with E-state index in [0.29, 0.717) is 17.4 Å². The molecule has 3 rings (SSSR count). The topological polar surface area (TPSA) is 62.9 Å². The molecule has 1 spiro atoms. The first-order valence-corrected chi connectivity index (χ1v) is 8.59. The van der Waals surface area contributed by atoms with E-state index in [1.807, 2.05) is 0 Å². The van der Waals surface area contributed by atoms with E-state index < -0.39 is 0 Å². The summed E-state index contributed by atoms with van der Waals surface area (Å²) in [4.78, 5) is 7.10. The van der Waals surface area contributed by atoms with Gasteiger partial charge < -0.3 is 15.8 Å². The molecule has 2 unspecified atom stereocenters. The second-order valence-electron chi connectivity index (χ2n) is 6.91. The second kappa shape index (κ2) is 6.53. The standard InChI is InChI=1S/C16H30N4O/c1-2-20-7-3-4-14(20)12-19-15(17)18-11-13-10-16(13)5-8-21-9-6-16/h13-14H,2-12H2,1H3,(H3,17,18,19). The Balaban J connectivity index is 1.38. The number of aliphatic imine (C=N–C) groups is 1. The van der Waals surface area contributed by atoms with Crippen LogP contribution in [0.15, 0.2) is 4.99 Å². The van der Waals surface area contributed by atoms with Gasteiger partial charge in [-0.15, -0.1) is 0 Å². The third-order valence-corrected chi connectivity index (χ3v) is 5.75. The summed E-state index contributed by atoms with van der Waals surface area (Å²) >= 11 is 0. The molecule has 2 saturated heterocycles. The van der Waals surface area contributed by atoms with Crippen LogP contribution in [0.5, 0.6) is 0 Å². The Morgan fingerprint density at radius 3 is 3.00 bits per heavy atom. The Morgan fingerprint density at radius 1 is 1.43 bits per heavy atom. The van der Waals surface area contributed by atoms with Crippen LogP contribution >= 0.6 is 0 Å². The molecule has 5 heteroatoms. The minimum absolute atomic E-state index is 0.548. The van der Waals surface area contributed by atoms with Crippen molar-refractivity contribution in [3.63, 3.8) is 0 Å². The van der Waals surface area contributed by atoms with Gasteiger partial charge in [-0.3, -0.25) is 9.89 Å². The van der Waals surface area contributed by atoms with Crippen LogP contribution in [0.3, 0.4) is 0 Å². The SMILES string of the molecule is CCN1CCCC1CNC(N)=NCC1CC12CCOCC2. The summed E-state index contributed by atoms with van der Waals surface area (Å²) in [5, 5.41) is 3.32. The van der Waals surface area contributed by atoms with Gasteiger partial charge in [-0.2, -0.15) is 0 Å². The van der Waals surface area contributed by atoms with E-state index in [1.165, 1.54) is 38.6 Å². The minimum atomic E-state index is 0.548. The molecule has 0 aromatic rings. The number of rotatable bonds is 5. The van der Waals surface area contributed by atoms with Gasteiger partial charge in [0.05, 0.1) is 0 Å². The van der Waals surface area contributed by atoms with Gasteiger partial charge in [-0.1, -0.05) is 6.92 Å². The molecule has 2 atom stereocenters. The maximum atomic E-state index is 6.03. The normalized spacial score (nSPS) is 32.5. The van der Waals surface area contributed by atoms with Crippen molar-refractivity contribution in [3.05, 3.63) is 0 Å². The molecule has 21 heavy (non-hydrogen) atoms. The number of hydrogen-bond acceptors (Lipinski definition) is 3. The predicted octanol–water partition coefficient (Wildman–Crippen LogP) is 1.19. The molecule has 2 heterocycles. The van der Waals surface area contributed by atoms with Gasteiger partial charge in [-0.25, -0.2) is 0 Å². The lowest BCUT2D eigenvalue weighted by atomic mass is 9.94. The van der Waals surface area contributed by atoms with Crippen LogP contribution in [0, 0.1) is 11.3 Å². The Labute approximate surface area is 128 Å². The van der Waals surface area contributed by atoms with Crippen LogP contribution in [0.25, 0.3) is 0 Å². The number of ether oxygens (including phenoxy) is 1. The van der Waals surface area contributed by atoms with Crippen molar-refractivity contribution < 1.29 is 4.74 Å². The van der Waals surface area contributed by atoms with Gasteiger partial charge in [0.1, 0.15) is 0 Å². The molecule has 0 aromatic heterocycles. The molecule has 5 nitrogen and oxygen atoms in total. The maximum Gasteiger partial charge on any atom is 0.188 e. The van der Waals surface area contributed by atoms with Crippen LogP contribution in [0.2, 0.25) is 0 Å². The zero-order valence-corrected chi connectivity index (χ0v) is 13.3. The lowest BCUT2D eigenvalue weighted by Crippen LogP contribution is -2.42. The van der Waals surface area contributed by atoms with E-state index >= 15 is 0 Å². The summed E-state index contributed by atoms with van der Waals surface area (Å²) < 4.78 is 5.46. The summed E-state index contributed by atoms with van der Waals surface area (Å²) in [5.74, 6) is 1.37. The molecule has 1 saturated carbocycles. The molecule has 3 aliphatic rings. The lowest BCUT2D eigenvalue weighted by Gasteiger charge is -2.23. The van der Waals surface area contributed by atoms with E-state index in [-0.39, 0.29) is 0 Å². The summed E-state index contributed by atoms with van der Waals surface area (Å²) in [6.45, 7) is 8.29. The Hall–Kier alpha value is -0.810. The number of nitrogens with two attached hydrogens (primary N) is 1. The van der Waals surface area contributed by atoms with Crippen LogP contribution in [0.1, 0.15) is 39.0 Å². The fourth-order valence-electron chi connectivity index (χ4n) is 4.11. The molecule has 3 N–H and O–H groups in total. The van der Waals surface area contributed by atoms with Crippen molar-refractivity contribution in [1.29, 1.82) is 0 Å². The van der Waals surface area contributed by atoms with Gasteiger partial charge in [0.2, 0.25) is 0 Å².